The summed E-state index contributed by atoms with van der Waals surface area (Å²) in [7, 11) is 0. The molecule has 0 aromatic heterocycles. The number of carbonyl (C=O) groups excluding carboxylic acids is 1. The Balaban J connectivity index is 1.75. The predicted molar refractivity (Wildman–Crippen MR) is 90.3 cm³/mol. The molecule has 1 N–H and O–H groups in total. The minimum atomic E-state index is -0.285. The fourth-order valence-corrected chi connectivity index (χ4v) is 2.37. The molecule has 0 spiro atoms. The molecule has 1 amide bonds. The molecule has 0 saturated heterocycles. The van der Waals surface area contributed by atoms with Gasteiger partial charge in [-0.15, -0.1) is 0 Å². The van der Waals surface area contributed by atoms with Crippen LogP contribution in [0, 0.1) is 5.82 Å². The minimum absolute atomic E-state index is 0.0558. The van der Waals surface area contributed by atoms with Crippen molar-refractivity contribution in [1.29, 1.82) is 0 Å². The zero-order valence-corrected chi connectivity index (χ0v) is 13.5. The average molecular weight is 314 g/mol. The van der Waals surface area contributed by atoms with Gasteiger partial charge in [0.05, 0.1) is 0 Å². The van der Waals surface area contributed by atoms with E-state index in [1.54, 1.807) is 18.2 Å². The summed E-state index contributed by atoms with van der Waals surface area (Å²) in [5, 5.41) is 2.78. The SMILES string of the molecule is CCN(CCC(=O)NCc1ccccc1F)Cc1ccccc1. The molecule has 0 saturated carbocycles. The first-order chi connectivity index (χ1) is 11.2. The van der Waals surface area contributed by atoms with Crippen LogP contribution < -0.4 is 5.32 Å². The summed E-state index contributed by atoms with van der Waals surface area (Å²) < 4.78 is 13.5. The maximum atomic E-state index is 13.5. The third-order valence-electron chi connectivity index (χ3n) is 3.79. The van der Waals surface area contributed by atoms with Crippen LogP contribution in [0.3, 0.4) is 0 Å². The second-order valence-corrected chi connectivity index (χ2v) is 5.47. The van der Waals surface area contributed by atoms with Crippen molar-refractivity contribution in [1.82, 2.24) is 10.2 Å². The molecule has 0 heterocycles. The lowest BCUT2D eigenvalue weighted by molar-refractivity contribution is -0.121. The maximum absolute atomic E-state index is 13.5. The number of benzene rings is 2. The Morgan fingerprint density at radius 2 is 1.78 bits per heavy atom. The van der Waals surface area contributed by atoms with E-state index in [9.17, 15) is 9.18 Å². The highest BCUT2D eigenvalue weighted by Gasteiger charge is 2.08. The molecule has 4 heteroatoms. The normalized spacial score (nSPS) is 10.7. The molecular weight excluding hydrogens is 291 g/mol. The van der Waals surface area contributed by atoms with E-state index in [0.29, 0.717) is 18.5 Å². The van der Waals surface area contributed by atoms with Crippen LogP contribution in [0.25, 0.3) is 0 Å². The summed E-state index contributed by atoms with van der Waals surface area (Å²) >= 11 is 0. The molecule has 0 aliphatic heterocycles. The van der Waals surface area contributed by atoms with Crippen LogP contribution >= 0.6 is 0 Å². The second kappa shape index (κ2) is 9.06. The first kappa shape index (κ1) is 17.2. The van der Waals surface area contributed by atoms with Gasteiger partial charge in [0.25, 0.3) is 0 Å². The van der Waals surface area contributed by atoms with Crippen molar-refractivity contribution in [3.63, 3.8) is 0 Å². The number of halogens is 1. The van der Waals surface area contributed by atoms with Crippen molar-refractivity contribution >= 4 is 5.91 Å². The monoisotopic (exact) mass is 314 g/mol. The topological polar surface area (TPSA) is 32.3 Å². The number of carbonyl (C=O) groups is 1. The Hall–Kier alpha value is -2.20. The smallest absolute Gasteiger partial charge is 0.221 e. The Kier molecular flexibility index (Phi) is 6.76. The standard InChI is InChI=1S/C19H23FN2O/c1-2-22(15-16-8-4-3-5-9-16)13-12-19(23)21-14-17-10-6-7-11-18(17)20/h3-11H,2,12-15H2,1H3,(H,21,23). The highest BCUT2D eigenvalue weighted by atomic mass is 19.1. The first-order valence-electron chi connectivity index (χ1n) is 7.95. The lowest BCUT2D eigenvalue weighted by Crippen LogP contribution is -2.30. The molecule has 2 rings (SSSR count). The van der Waals surface area contributed by atoms with Crippen molar-refractivity contribution < 1.29 is 9.18 Å². The van der Waals surface area contributed by atoms with Gasteiger partial charge in [-0.25, -0.2) is 4.39 Å². The molecule has 2 aromatic rings. The van der Waals surface area contributed by atoms with Gasteiger partial charge in [0, 0.05) is 31.6 Å². The van der Waals surface area contributed by atoms with E-state index in [4.69, 9.17) is 0 Å². The summed E-state index contributed by atoms with van der Waals surface area (Å²) in [6.45, 7) is 4.72. The predicted octanol–water partition coefficient (Wildman–Crippen LogP) is 3.35. The zero-order chi connectivity index (χ0) is 16.5. The van der Waals surface area contributed by atoms with Gasteiger partial charge in [-0.2, -0.15) is 0 Å². The fraction of sp³-hybridized carbons (Fsp3) is 0.316. The average Bonchev–Trinajstić information content (AvgIpc) is 2.58. The van der Waals surface area contributed by atoms with Gasteiger partial charge in [-0.3, -0.25) is 9.69 Å². The highest BCUT2D eigenvalue weighted by Crippen LogP contribution is 2.07. The van der Waals surface area contributed by atoms with Crippen LogP contribution in [0.2, 0.25) is 0 Å². The fourth-order valence-electron chi connectivity index (χ4n) is 2.37. The quantitative estimate of drug-likeness (QED) is 0.810. The van der Waals surface area contributed by atoms with Gasteiger partial charge in [0.15, 0.2) is 0 Å². The third-order valence-corrected chi connectivity index (χ3v) is 3.79. The number of nitrogens with one attached hydrogen (secondary N) is 1. The van der Waals surface area contributed by atoms with Crippen molar-refractivity contribution in [2.75, 3.05) is 13.1 Å². The molecule has 23 heavy (non-hydrogen) atoms. The number of nitrogens with zero attached hydrogens (tertiary/aromatic N) is 1. The molecule has 0 aliphatic rings. The van der Waals surface area contributed by atoms with Crippen LogP contribution in [0.4, 0.5) is 4.39 Å². The number of hydrogen-bond donors (Lipinski definition) is 1. The molecule has 0 radical (unpaired) electrons. The minimum Gasteiger partial charge on any atom is -0.352 e. The van der Waals surface area contributed by atoms with Gasteiger partial charge in [-0.05, 0) is 18.2 Å². The molecule has 2 aromatic carbocycles. The summed E-state index contributed by atoms with van der Waals surface area (Å²) in [6.07, 6.45) is 0.412. The van der Waals surface area contributed by atoms with Gasteiger partial charge in [0.1, 0.15) is 5.82 Å². The summed E-state index contributed by atoms with van der Waals surface area (Å²) in [5.74, 6) is -0.341. The van der Waals surface area contributed by atoms with Crippen LogP contribution in [-0.2, 0) is 17.9 Å². The lowest BCUT2D eigenvalue weighted by Gasteiger charge is -2.20. The number of amides is 1. The van der Waals surface area contributed by atoms with Crippen LogP contribution in [0.15, 0.2) is 54.6 Å². The molecule has 0 fully saturated rings. The summed E-state index contributed by atoms with van der Waals surface area (Å²) in [4.78, 5) is 14.2. The van der Waals surface area contributed by atoms with Crippen molar-refractivity contribution in [2.45, 2.75) is 26.4 Å². The largest absolute Gasteiger partial charge is 0.352 e. The van der Waals surface area contributed by atoms with E-state index in [1.165, 1.54) is 11.6 Å². The van der Waals surface area contributed by atoms with Crippen LogP contribution in [-0.4, -0.2) is 23.9 Å². The Bertz CT molecular complexity index is 616. The van der Waals surface area contributed by atoms with Crippen LogP contribution in [0.1, 0.15) is 24.5 Å². The van der Waals surface area contributed by atoms with Gasteiger partial charge >= 0.3 is 0 Å². The molecular formula is C19H23FN2O. The second-order valence-electron chi connectivity index (χ2n) is 5.47. The van der Waals surface area contributed by atoms with E-state index in [0.717, 1.165) is 13.1 Å². The summed E-state index contributed by atoms with van der Waals surface area (Å²) in [5.41, 5.74) is 1.75. The molecule has 0 atom stereocenters. The number of hydrogen-bond acceptors (Lipinski definition) is 2. The van der Waals surface area contributed by atoms with Crippen molar-refractivity contribution in [2.24, 2.45) is 0 Å². The molecule has 0 bridgehead atoms. The maximum Gasteiger partial charge on any atom is 0.221 e. The van der Waals surface area contributed by atoms with Gasteiger partial charge < -0.3 is 5.32 Å². The Morgan fingerprint density at radius 1 is 1.09 bits per heavy atom. The van der Waals surface area contributed by atoms with E-state index >= 15 is 0 Å². The lowest BCUT2D eigenvalue weighted by atomic mass is 10.2. The van der Waals surface area contributed by atoms with Crippen molar-refractivity contribution in [3.05, 3.63) is 71.5 Å². The highest BCUT2D eigenvalue weighted by molar-refractivity contribution is 5.76. The summed E-state index contributed by atoms with van der Waals surface area (Å²) in [6, 6.07) is 16.7. The molecule has 3 nitrogen and oxygen atoms in total. The Labute approximate surface area is 137 Å². The Morgan fingerprint density at radius 3 is 2.48 bits per heavy atom. The van der Waals surface area contributed by atoms with Crippen LogP contribution in [0.5, 0.6) is 0 Å². The van der Waals surface area contributed by atoms with Crippen molar-refractivity contribution in [3.8, 4) is 0 Å². The number of rotatable bonds is 8. The molecule has 0 aliphatic carbocycles. The van der Waals surface area contributed by atoms with Gasteiger partial charge in [-0.1, -0.05) is 55.5 Å². The van der Waals surface area contributed by atoms with E-state index < -0.39 is 0 Å². The van der Waals surface area contributed by atoms with E-state index in [1.807, 2.05) is 18.2 Å². The van der Waals surface area contributed by atoms with E-state index in [-0.39, 0.29) is 18.3 Å². The zero-order valence-electron chi connectivity index (χ0n) is 13.5. The van der Waals surface area contributed by atoms with Gasteiger partial charge in [0.2, 0.25) is 5.91 Å². The van der Waals surface area contributed by atoms with E-state index in [2.05, 4.69) is 29.3 Å². The molecule has 0 unspecified atom stereocenters. The molecule has 122 valence electrons. The third kappa shape index (κ3) is 5.83. The first-order valence-corrected chi connectivity index (χ1v) is 7.95.